The van der Waals surface area contributed by atoms with E-state index in [2.05, 4.69) is 38.7 Å². The van der Waals surface area contributed by atoms with Crippen LogP contribution in [0.15, 0.2) is 53.0 Å². The van der Waals surface area contributed by atoms with Gasteiger partial charge in [0.15, 0.2) is 0 Å². The fraction of sp³-hybridized carbons (Fsp3) is 0.188. The first kappa shape index (κ1) is 13.3. The summed E-state index contributed by atoms with van der Waals surface area (Å²) in [5.41, 5.74) is 3.35. The van der Waals surface area contributed by atoms with Gasteiger partial charge in [-0.05, 0) is 41.8 Å². The molecular weight excluding hydrogens is 316 g/mol. The summed E-state index contributed by atoms with van der Waals surface area (Å²) in [6, 6.07) is 15.7. The SMILES string of the molecule is O=C(Nc1ccc(Br)cc1)[C@H]1Cc2ccccc2CN1. The van der Waals surface area contributed by atoms with Crippen molar-refractivity contribution in [2.75, 3.05) is 5.32 Å². The van der Waals surface area contributed by atoms with Crippen LogP contribution in [0.4, 0.5) is 5.69 Å². The summed E-state index contributed by atoms with van der Waals surface area (Å²) in [4.78, 5) is 12.3. The number of rotatable bonds is 2. The van der Waals surface area contributed by atoms with Gasteiger partial charge in [0.1, 0.15) is 0 Å². The molecule has 2 aromatic rings. The molecule has 0 saturated heterocycles. The van der Waals surface area contributed by atoms with Gasteiger partial charge >= 0.3 is 0 Å². The fourth-order valence-electron chi connectivity index (χ4n) is 2.40. The number of amides is 1. The molecule has 0 saturated carbocycles. The lowest BCUT2D eigenvalue weighted by Gasteiger charge is -2.25. The molecule has 1 aliphatic rings. The topological polar surface area (TPSA) is 41.1 Å². The highest BCUT2D eigenvalue weighted by atomic mass is 79.9. The Morgan fingerprint density at radius 2 is 1.80 bits per heavy atom. The van der Waals surface area contributed by atoms with Crippen LogP contribution in [-0.4, -0.2) is 11.9 Å². The number of hydrogen-bond donors (Lipinski definition) is 2. The van der Waals surface area contributed by atoms with E-state index in [0.29, 0.717) is 0 Å². The number of carbonyl (C=O) groups excluding carboxylic acids is 1. The summed E-state index contributed by atoms with van der Waals surface area (Å²) >= 11 is 3.38. The molecule has 0 fully saturated rings. The van der Waals surface area contributed by atoms with Crippen molar-refractivity contribution in [2.24, 2.45) is 0 Å². The van der Waals surface area contributed by atoms with E-state index in [1.54, 1.807) is 0 Å². The van der Waals surface area contributed by atoms with Crippen LogP contribution in [0.5, 0.6) is 0 Å². The summed E-state index contributed by atoms with van der Waals surface area (Å²) in [5.74, 6) is 0.0156. The molecule has 4 heteroatoms. The number of halogens is 1. The van der Waals surface area contributed by atoms with Crippen LogP contribution in [-0.2, 0) is 17.8 Å². The Morgan fingerprint density at radius 1 is 1.10 bits per heavy atom. The Bertz CT molecular complexity index is 625. The van der Waals surface area contributed by atoms with E-state index in [1.807, 2.05) is 36.4 Å². The van der Waals surface area contributed by atoms with E-state index in [0.717, 1.165) is 23.1 Å². The predicted molar refractivity (Wildman–Crippen MR) is 83.5 cm³/mol. The summed E-state index contributed by atoms with van der Waals surface area (Å²) in [5, 5.41) is 6.23. The first-order valence-electron chi connectivity index (χ1n) is 6.59. The van der Waals surface area contributed by atoms with Crippen molar-refractivity contribution in [1.29, 1.82) is 0 Å². The molecule has 0 unspecified atom stereocenters. The molecular formula is C16H15BrN2O. The minimum Gasteiger partial charge on any atom is -0.325 e. The highest BCUT2D eigenvalue weighted by Gasteiger charge is 2.23. The second-order valence-corrected chi connectivity index (χ2v) is 5.82. The third-order valence-electron chi connectivity index (χ3n) is 3.51. The molecule has 0 aromatic heterocycles. The van der Waals surface area contributed by atoms with Gasteiger partial charge in [-0.1, -0.05) is 40.2 Å². The Kier molecular flexibility index (Phi) is 3.85. The molecule has 0 bridgehead atoms. The van der Waals surface area contributed by atoms with Gasteiger partial charge < -0.3 is 10.6 Å². The molecule has 1 amide bonds. The molecule has 1 atom stereocenters. The number of nitrogens with one attached hydrogen (secondary N) is 2. The highest BCUT2D eigenvalue weighted by molar-refractivity contribution is 9.10. The number of fused-ring (bicyclic) bond motifs is 1. The quantitative estimate of drug-likeness (QED) is 0.888. The largest absolute Gasteiger partial charge is 0.325 e. The van der Waals surface area contributed by atoms with Crippen molar-refractivity contribution >= 4 is 27.5 Å². The maximum atomic E-state index is 12.3. The van der Waals surface area contributed by atoms with Crippen molar-refractivity contribution in [3.8, 4) is 0 Å². The first-order chi connectivity index (χ1) is 9.72. The van der Waals surface area contributed by atoms with E-state index < -0.39 is 0 Å². The third-order valence-corrected chi connectivity index (χ3v) is 4.04. The van der Waals surface area contributed by atoms with Crippen LogP contribution in [0.25, 0.3) is 0 Å². The van der Waals surface area contributed by atoms with E-state index in [1.165, 1.54) is 11.1 Å². The standard InChI is InChI=1S/C16H15BrN2O/c17-13-5-7-14(8-6-13)19-16(20)15-9-11-3-1-2-4-12(11)10-18-15/h1-8,15,18H,9-10H2,(H,19,20)/t15-/m1/s1. The van der Waals surface area contributed by atoms with Crippen LogP contribution in [0, 0.1) is 0 Å². The Hall–Kier alpha value is -1.65. The molecule has 1 aliphatic heterocycles. The zero-order valence-corrected chi connectivity index (χ0v) is 12.5. The molecule has 20 heavy (non-hydrogen) atoms. The smallest absolute Gasteiger partial charge is 0.241 e. The van der Waals surface area contributed by atoms with Gasteiger partial charge in [-0.3, -0.25) is 4.79 Å². The summed E-state index contributed by atoms with van der Waals surface area (Å²) in [6.45, 7) is 0.745. The van der Waals surface area contributed by atoms with E-state index in [9.17, 15) is 4.79 Å². The third kappa shape index (κ3) is 2.92. The Labute approximate surface area is 126 Å². The van der Waals surface area contributed by atoms with E-state index >= 15 is 0 Å². The van der Waals surface area contributed by atoms with Crippen LogP contribution < -0.4 is 10.6 Å². The van der Waals surface area contributed by atoms with E-state index in [4.69, 9.17) is 0 Å². The van der Waals surface area contributed by atoms with Crippen LogP contribution in [0.2, 0.25) is 0 Å². The van der Waals surface area contributed by atoms with Gasteiger partial charge in [-0.2, -0.15) is 0 Å². The van der Waals surface area contributed by atoms with Gasteiger partial charge in [-0.25, -0.2) is 0 Å². The Morgan fingerprint density at radius 3 is 2.55 bits per heavy atom. The predicted octanol–water partition coefficient (Wildman–Crippen LogP) is 3.10. The average Bonchev–Trinajstić information content (AvgIpc) is 2.49. The summed E-state index contributed by atoms with van der Waals surface area (Å²) in [6.07, 6.45) is 0.735. The lowest BCUT2D eigenvalue weighted by atomic mass is 9.95. The average molecular weight is 331 g/mol. The highest BCUT2D eigenvalue weighted by Crippen LogP contribution is 2.18. The maximum Gasteiger partial charge on any atom is 0.241 e. The summed E-state index contributed by atoms with van der Waals surface area (Å²) in [7, 11) is 0. The van der Waals surface area contributed by atoms with Crippen molar-refractivity contribution < 1.29 is 4.79 Å². The molecule has 0 spiro atoms. The fourth-order valence-corrected chi connectivity index (χ4v) is 2.67. The van der Waals surface area contributed by atoms with Crippen LogP contribution in [0.3, 0.4) is 0 Å². The molecule has 2 aromatic carbocycles. The summed E-state index contributed by atoms with van der Waals surface area (Å²) < 4.78 is 1.00. The van der Waals surface area contributed by atoms with Gasteiger partial charge in [0, 0.05) is 16.7 Å². The molecule has 1 heterocycles. The molecule has 3 nitrogen and oxygen atoms in total. The lowest BCUT2D eigenvalue weighted by Crippen LogP contribution is -2.44. The zero-order valence-electron chi connectivity index (χ0n) is 10.9. The second-order valence-electron chi connectivity index (χ2n) is 4.90. The van der Waals surface area contributed by atoms with Crippen molar-refractivity contribution in [3.63, 3.8) is 0 Å². The van der Waals surface area contributed by atoms with Gasteiger partial charge in [0.05, 0.1) is 6.04 Å². The van der Waals surface area contributed by atoms with Crippen molar-refractivity contribution in [2.45, 2.75) is 19.0 Å². The minimum absolute atomic E-state index is 0.0156. The van der Waals surface area contributed by atoms with Crippen molar-refractivity contribution in [3.05, 3.63) is 64.1 Å². The molecule has 2 N–H and O–H groups in total. The molecule has 0 radical (unpaired) electrons. The maximum absolute atomic E-state index is 12.3. The second kappa shape index (κ2) is 5.77. The minimum atomic E-state index is -0.173. The number of carbonyl (C=O) groups is 1. The normalized spacial score (nSPS) is 17.4. The van der Waals surface area contributed by atoms with Gasteiger partial charge in [0.2, 0.25) is 5.91 Å². The Balaban J connectivity index is 1.68. The molecule has 0 aliphatic carbocycles. The zero-order chi connectivity index (χ0) is 13.9. The first-order valence-corrected chi connectivity index (χ1v) is 7.38. The van der Waals surface area contributed by atoms with E-state index in [-0.39, 0.29) is 11.9 Å². The number of benzene rings is 2. The van der Waals surface area contributed by atoms with Gasteiger partial charge in [0.25, 0.3) is 0 Å². The van der Waals surface area contributed by atoms with Gasteiger partial charge in [-0.15, -0.1) is 0 Å². The number of anilines is 1. The van der Waals surface area contributed by atoms with Crippen LogP contribution >= 0.6 is 15.9 Å². The van der Waals surface area contributed by atoms with Crippen LogP contribution in [0.1, 0.15) is 11.1 Å². The lowest BCUT2D eigenvalue weighted by molar-refractivity contribution is -0.118. The van der Waals surface area contributed by atoms with Crippen molar-refractivity contribution in [1.82, 2.24) is 5.32 Å². The monoisotopic (exact) mass is 330 g/mol. The molecule has 102 valence electrons. The number of hydrogen-bond acceptors (Lipinski definition) is 2. The molecule has 3 rings (SSSR count).